The van der Waals surface area contributed by atoms with Gasteiger partial charge in [0.15, 0.2) is 0 Å². The summed E-state index contributed by atoms with van der Waals surface area (Å²) < 4.78 is 0. The summed E-state index contributed by atoms with van der Waals surface area (Å²) in [6, 6.07) is 0.255. The van der Waals surface area contributed by atoms with Gasteiger partial charge < -0.3 is 10.6 Å². The van der Waals surface area contributed by atoms with E-state index in [2.05, 4.69) is 35.7 Å². The zero-order valence-corrected chi connectivity index (χ0v) is 13.9. The number of hydrogen-bond acceptors (Lipinski definition) is 4. The lowest BCUT2D eigenvalue weighted by molar-refractivity contribution is 0.236. The van der Waals surface area contributed by atoms with E-state index in [1.54, 1.807) is 11.3 Å². The van der Waals surface area contributed by atoms with Crippen molar-refractivity contribution in [3.8, 4) is 0 Å². The van der Waals surface area contributed by atoms with E-state index < -0.39 is 0 Å². The fraction of sp³-hybridized carbons (Fsp3) is 0.714. The van der Waals surface area contributed by atoms with Gasteiger partial charge in [-0.1, -0.05) is 13.8 Å². The predicted molar refractivity (Wildman–Crippen MR) is 86.5 cm³/mol. The van der Waals surface area contributed by atoms with Crippen LogP contribution in [0, 0.1) is 0 Å². The summed E-state index contributed by atoms with van der Waals surface area (Å²) in [6.45, 7) is 4.77. The number of rotatable bonds is 5. The van der Waals surface area contributed by atoms with Crippen molar-refractivity contribution in [1.29, 1.82) is 0 Å². The minimum atomic E-state index is -0.0733. The van der Waals surface area contributed by atoms with Gasteiger partial charge in [0.1, 0.15) is 0 Å². The zero-order chi connectivity index (χ0) is 14.5. The van der Waals surface area contributed by atoms with Crippen LogP contribution in [0.2, 0.25) is 0 Å². The van der Waals surface area contributed by atoms with Gasteiger partial charge >= 0.3 is 6.03 Å². The van der Waals surface area contributed by atoms with Gasteiger partial charge in [-0.3, -0.25) is 0 Å². The summed E-state index contributed by atoms with van der Waals surface area (Å²) in [4.78, 5) is 16.4. The van der Waals surface area contributed by atoms with E-state index in [1.807, 2.05) is 17.1 Å². The smallest absolute Gasteiger partial charge is 0.315 e. The molecule has 1 aliphatic carbocycles. The molecule has 2 N–H and O–H groups in total. The van der Waals surface area contributed by atoms with Crippen LogP contribution in [0.4, 0.5) is 4.79 Å². The number of carbonyl (C=O) groups is 1. The normalized spacial score (nSPS) is 22.2. The average Bonchev–Trinajstić information content (AvgIpc) is 3.05. The Balaban J connectivity index is 1.72. The van der Waals surface area contributed by atoms with Gasteiger partial charge in [-0.25, -0.2) is 9.78 Å². The van der Waals surface area contributed by atoms with Crippen molar-refractivity contribution in [2.24, 2.45) is 0 Å². The van der Waals surface area contributed by atoms with E-state index in [1.165, 1.54) is 6.42 Å². The number of nitrogens with zero attached hydrogens (tertiary/aromatic N) is 1. The highest BCUT2D eigenvalue weighted by molar-refractivity contribution is 7.99. The Hall–Kier alpha value is -0.750. The number of hydrogen-bond donors (Lipinski definition) is 2. The predicted octanol–water partition coefficient (Wildman–Crippen LogP) is 3.35. The summed E-state index contributed by atoms with van der Waals surface area (Å²) in [5.41, 5.74) is 0.947. The highest BCUT2D eigenvalue weighted by atomic mass is 32.2. The van der Waals surface area contributed by atoms with Crippen LogP contribution < -0.4 is 10.6 Å². The molecule has 1 heterocycles. The third kappa shape index (κ3) is 4.38. The minimum absolute atomic E-state index is 0.0733. The van der Waals surface area contributed by atoms with Gasteiger partial charge in [-0.2, -0.15) is 11.8 Å². The molecule has 1 fully saturated rings. The molecule has 6 heteroatoms. The van der Waals surface area contributed by atoms with Crippen LogP contribution in [0.15, 0.2) is 5.38 Å². The third-order valence-electron chi connectivity index (χ3n) is 3.55. The molecule has 2 amide bonds. The van der Waals surface area contributed by atoms with Gasteiger partial charge in [0.25, 0.3) is 0 Å². The Morgan fingerprint density at radius 3 is 2.95 bits per heavy atom. The number of carbonyl (C=O) groups excluding carboxylic acids is 1. The number of thiazole rings is 1. The lowest BCUT2D eigenvalue weighted by atomic mass is 10.2. The van der Waals surface area contributed by atoms with E-state index in [0.717, 1.165) is 23.5 Å². The fourth-order valence-electron chi connectivity index (χ4n) is 2.36. The first-order valence-corrected chi connectivity index (χ1v) is 9.26. The number of thioether (sulfide) groups is 1. The van der Waals surface area contributed by atoms with Crippen LogP contribution in [0.5, 0.6) is 0 Å². The van der Waals surface area contributed by atoms with E-state index in [4.69, 9.17) is 0 Å². The molecule has 0 bridgehead atoms. The maximum atomic E-state index is 11.9. The molecule has 2 atom stereocenters. The Kier molecular flexibility index (Phi) is 5.72. The molecule has 2 rings (SSSR count). The molecule has 20 heavy (non-hydrogen) atoms. The van der Waals surface area contributed by atoms with Gasteiger partial charge in [0.2, 0.25) is 0 Å². The van der Waals surface area contributed by atoms with Crippen LogP contribution >= 0.6 is 23.1 Å². The summed E-state index contributed by atoms with van der Waals surface area (Å²) >= 11 is 3.56. The first-order chi connectivity index (χ1) is 9.58. The molecule has 0 aliphatic heterocycles. The standard InChI is InChI=1S/C14H23N3OS2/c1-9(2)13-16-11(8-20-13)7-15-14(18)17-10-4-5-12(6-10)19-3/h8-10,12H,4-7H2,1-3H3,(H2,15,17,18)/t10-,12+/m0/s1. The van der Waals surface area contributed by atoms with Crippen molar-refractivity contribution in [3.05, 3.63) is 16.1 Å². The zero-order valence-electron chi connectivity index (χ0n) is 12.3. The maximum Gasteiger partial charge on any atom is 0.315 e. The lowest BCUT2D eigenvalue weighted by Gasteiger charge is -2.13. The van der Waals surface area contributed by atoms with Crippen LogP contribution in [-0.2, 0) is 6.54 Å². The minimum Gasteiger partial charge on any atom is -0.335 e. The largest absolute Gasteiger partial charge is 0.335 e. The summed E-state index contributed by atoms with van der Waals surface area (Å²) in [7, 11) is 0. The number of aromatic nitrogens is 1. The maximum absolute atomic E-state index is 11.9. The molecule has 0 unspecified atom stereocenters. The van der Waals surface area contributed by atoms with Gasteiger partial charge in [0.05, 0.1) is 17.2 Å². The Labute approximate surface area is 129 Å². The van der Waals surface area contributed by atoms with Crippen LogP contribution in [-0.4, -0.2) is 28.6 Å². The molecule has 0 radical (unpaired) electrons. The molecule has 0 spiro atoms. The molecule has 1 aliphatic rings. The van der Waals surface area contributed by atoms with Crippen molar-refractivity contribution in [2.75, 3.05) is 6.26 Å². The van der Waals surface area contributed by atoms with E-state index >= 15 is 0 Å². The molecule has 4 nitrogen and oxygen atoms in total. The van der Waals surface area contributed by atoms with Crippen molar-refractivity contribution < 1.29 is 4.79 Å². The van der Waals surface area contributed by atoms with Crippen LogP contribution in [0.25, 0.3) is 0 Å². The Morgan fingerprint density at radius 2 is 2.35 bits per heavy atom. The summed E-state index contributed by atoms with van der Waals surface area (Å²) in [6.07, 6.45) is 5.52. The third-order valence-corrected chi connectivity index (χ3v) is 5.84. The molecule has 0 saturated heterocycles. The summed E-state index contributed by atoms with van der Waals surface area (Å²) in [5, 5.41) is 9.80. The second kappa shape index (κ2) is 7.31. The molecule has 112 valence electrons. The first kappa shape index (κ1) is 15.6. The Bertz CT molecular complexity index is 447. The fourth-order valence-corrected chi connectivity index (χ4v) is 3.99. The van der Waals surface area contributed by atoms with Crippen molar-refractivity contribution in [3.63, 3.8) is 0 Å². The van der Waals surface area contributed by atoms with E-state index in [0.29, 0.717) is 23.8 Å². The monoisotopic (exact) mass is 313 g/mol. The highest BCUT2D eigenvalue weighted by Crippen LogP contribution is 2.28. The van der Waals surface area contributed by atoms with Crippen molar-refractivity contribution >= 4 is 29.1 Å². The molecule has 0 aromatic carbocycles. The van der Waals surface area contributed by atoms with Gasteiger partial charge in [-0.15, -0.1) is 11.3 Å². The summed E-state index contributed by atoms with van der Waals surface area (Å²) in [5.74, 6) is 0.449. The van der Waals surface area contributed by atoms with E-state index in [9.17, 15) is 4.79 Å². The van der Waals surface area contributed by atoms with E-state index in [-0.39, 0.29) is 6.03 Å². The number of amides is 2. The number of urea groups is 1. The van der Waals surface area contributed by atoms with Gasteiger partial charge in [0, 0.05) is 22.6 Å². The first-order valence-electron chi connectivity index (χ1n) is 7.10. The lowest BCUT2D eigenvalue weighted by Crippen LogP contribution is -2.40. The number of nitrogens with one attached hydrogen (secondary N) is 2. The molecule has 1 aromatic heterocycles. The average molecular weight is 313 g/mol. The van der Waals surface area contributed by atoms with Crippen molar-refractivity contribution in [1.82, 2.24) is 15.6 Å². The van der Waals surface area contributed by atoms with Crippen LogP contribution in [0.1, 0.15) is 49.7 Å². The molecular formula is C14H23N3OS2. The molecule has 1 aromatic rings. The SMILES string of the molecule is CS[C@@H]1CC[C@H](NC(=O)NCc2csc(C(C)C)n2)C1. The van der Waals surface area contributed by atoms with Crippen molar-refractivity contribution in [2.45, 2.75) is 56.9 Å². The molecular weight excluding hydrogens is 290 g/mol. The topological polar surface area (TPSA) is 54.0 Å². The van der Waals surface area contributed by atoms with Crippen LogP contribution in [0.3, 0.4) is 0 Å². The van der Waals surface area contributed by atoms with Gasteiger partial charge in [-0.05, 0) is 25.5 Å². The Morgan fingerprint density at radius 1 is 1.55 bits per heavy atom. The highest BCUT2D eigenvalue weighted by Gasteiger charge is 2.24. The quantitative estimate of drug-likeness (QED) is 0.876. The second-order valence-corrected chi connectivity index (χ2v) is 7.55. The molecule has 1 saturated carbocycles. The second-order valence-electron chi connectivity index (χ2n) is 5.53.